The number of methoxy groups -OCH3 is 1. The van der Waals surface area contributed by atoms with E-state index in [1.54, 1.807) is 7.11 Å². The Morgan fingerprint density at radius 2 is 1.88 bits per heavy atom. The van der Waals surface area contributed by atoms with Crippen LogP contribution in [0.2, 0.25) is 5.02 Å². The van der Waals surface area contributed by atoms with E-state index >= 15 is 0 Å². The van der Waals surface area contributed by atoms with Crippen molar-refractivity contribution < 1.29 is 4.74 Å². The molecule has 0 fully saturated rings. The molecule has 0 atom stereocenters. The minimum atomic E-state index is 0.722. The molecule has 3 nitrogen and oxygen atoms in total. The number of aryl methyl sites for hydroxylation is 2. The summed E-state index contributed by atoms with van der Waals surface area (Å²) in [6, 6.07) is 12.2. The lowest BCUT2D eigenvalue weighted by atomic mass is 9.99. The zero-order valence-electron chi connectivity index (χ0n) is 14.2. The average molecular weight is 343 g/mol. The molecule has 3 N–H and O–H groups in total. The van der Waals surface area contributed by atoms with Gasteiger partial charge in [-0.2, -0.15) is 0 Å². The number of unbranched alkanes of at least 4 members (excludes halogenated alkanes) is 1. The molecule has 0 radical (unpaired) electrons. The lowest BCUT2D eigenvalue weighted by molar-refractivity contribution is 0.415. The van der Waals surface area contributed by atoms with Crippen LogP contribution in [0.3, 0.4) is 0 Å². The van der Waals surface area contributed by atoms with E-state index in [1.165, 1.54) is 10.9 Å². The van der Waals surface area contributed by atoms with E-state index in [4.69, 9.17) is 22.1 Å². The van der Waals surface area contributed by atoms with Gasteiger partial charge in [-0.25, -0.2) is 0 Å². The maximum atomic E-state index is 6.30. The summed E-state index contributed by atoms with van der Waals surface area (Å²) in [5, 5.41) is 1.99. The second kappa shape index (κ2) is 7.29. The fourth-order valence-corrected chi connectivity index (χ4v) is 3.46. The fraction of sp³-hybridized carbons (Fsp3) is 0.300. The first-order chi connectivity index (χ1) is 11.6. The number of aromatic amines is 1. The van der Waals surface area contributed by atoms with Gasteiger partial charge in [0.05, 0.1) is 7.11 Å². The van der Waals surface area contributed by atoms with Crippen LogP contribution >= 0.6 is 11.6 Å². The molecule has 0 aliphatic heterocycles. The fourth-order valence-electron chi connectivity index (χ4n) is 3.19. The molecular weight excluding hydrogens is 320 g/mol. The molecule has 0 saturated heterocycles. The minimum absolute atomic E-state index is 0.722. The van der Waals surface area contributed by atoms with Gasteiger partial charge in [0.15, 0.2) is 0 Å². The maximum Gasteiger partial charge on any atom is 0.118 e. The summed E-state index contributed by atoms with van der Waals surface area (Å²) in [7, 11) is 1.68. The highest BCUT2D eigenvalue weighted by Crippen LogP contribution is 2.35. The van der Waals surface area contributed by atoms with Gasteiger partial charge in [-0.1, -0.05) is 11.6 Å². The second-order valence-corrected chi connectivity index (χ2v) is 6.53. The standard InChI is InChI=1S/C20H23ClN2O/c1-13-11-15(21)12-18-17(5-3-4-10-22)20(23-19(13)18)14-6-8-16(24-2)9-7-14/h6-9,11-12,23H,3-5,10,22H2,1-2H3. The number of benzene rings is 2. The van der Waals surface area contributed by atoms with Crippen LogP contribution in [-0.2, 0) is 6.42 Å². The van der Waals surface area contributed by atoms with Gasteiger partial charge in [0.2, 0.25) is 0 Å². The number of H-pyrrole nitrogens is 1. The van der Waals surface area contributed by atoms with E-state index in [1.807, 2.05) is 18.2 Å². The summed E-state index contributed by atoms with van der Waals surface area (Å²) in [6.07, 6.45) is 3.07. The number of halogens is 1. The SMILES string of the molecule is COc1ccc(-c2[nH]c3c(C)cc(Cl)cc3c2CCCCN)cc1. The quantitative estimate of drug-likeness (QED) is 0.613. The summed E-state index contributed by atoms with van der Waals surface area (Å²) in [4.78, 5) is 3.61. The van der Waals surface area contributed by atoms with Crippen LogP contribution in [0.4, 0.5) is 0 Å². The van der Waals surface area contributed by atoms with Crippen LogP contribution in [0.25, 0.3) is 22.2 Å². The summed E-state index contributed by atoms with van der Waals surface area (Å²) < 4.78 is 5.27. The highest BCUT2D eigenvalue weighted by atomic mass is 35.5. The zero-order chi connectivity index (χ0) is 17.1. The van der Waals surface area contributed by atoms with Crippen LogP contribution in [0.5, 0.6) is 5.75 Å². The number of hydrogen-bond donors (Lipinski definition) is 2. The second-order valence-electron chi connectivity index (χ2n) is 6.10. The number of fused-ring (bicyclic) bond motifs is 1. The molecule has 0 aliphatic carbocycles. The lowest BCUT2D eigenvalue weighted by Gasteiger charge is -2.06. The minimum Gasteiger partial charge on any atom is -0.497 e. The molecule has 4 heteroatoms. The van der Waals surface area contributed by atoms with Gasteiger partial charge in [0.25, 0.3) is 0 Å². The molecule has 24 heavy (non-hydrogen) atoms. The third-order valence-electron chi connectivity index (χ3n) is 4.44. The summed E-state index contributed by atoms with van der Waals surface area (Å²) >= 11 is 6.30. The molecule has 0 amide bonds. The number of hydrogen-bond acceptors (Lipinski definition) is 2. The van der Waals surface area contributed by atoms with Crippen molar-refractivity contribution in [2.75, 3.05) is 13.7 Å². The molecule has 0 unspecified atom stereocenters. The van der Waals surface area contributed by atoms with Crippen LogP contribution in [0, 0.1) is 6.92 Å². The van der Waals surface area contributed by atoms with Gasteiger partial charge in [0, 0.05) is 21.6 Å². The van der Waals surface area contributed by atoms with Crippen molar-refractivity contribution in [2.24, 2.45) is 5.73 Å². The van der Waals surface area contributed by atoms with Crippen molar-refractivity contribution in [3.05, 3.63) is 52.5 Å². The molecule has 0 aliphatic rings. The van der Waals surface area contributed by atoms with E-state index in [9.17, 15) is 0 Å². The molecule has 1 aromatic heterocycles. The number of nitrogens with two attached hydrogens (primary N) is 1. The zero-order valence-corrected chi connectivity index (χ0v) is 14.9. The Morgan fingerprint density at radius 3 is 2.54 bits per heavy atom. The number of aromatic nitrogens is 1. The Kier molecular flexibility index (Phi) is 5.12. The Labute approximate surface area is 147 Å². The van der Waals surface area contributed by atoms with Crippen LogP contribution in [0.1, 0.15) is 24.0 Å². The third-order valence-corrected chi connectivity index (χ3v) is 4.66. The van der Waals surface area contributed by atoms with Crippen LogP contribution in [0.15, 0.2) is 36.4 Å². The van der Waals surface area contributed by atoms with Gasteiger partial charge >= 0.3 is 0 Å². The molecule has 2 aromatic carbocycles. The third kappa shape index (κ3) is 3.28. The Bertz CT molecular complexity index is 837. The topological polar surface area (TPSA) is 51.0 Å². The van der Waals surface area contributed by atoms with Crippen LogP contribution < -0.4 is 10.5 Å². The largest absolute Gasteiger partial charge is 0.497 e. The van der Waals surface area contributed by atoms with Crippen molar-refractivity contribution in [1.29, 1.82) is 0 Å². The number of rotatable bonds is 6. The number of ether oxygens (including phenoxy) is 1. The molecule has 0 saturated carbocycles. The van der Waals surface area contributed by atoms with Crippen molar-refractivity contribution >= 4 is 22.5 Å². The molecule has 3 rings (SSSR count). The molecular formula is C20H23ClN2O. The maximum absolute atomic E-state index is 6.30. The summed E-state index contributed by atoms with van der Waals surface area (Å²) in [5.74, 6) is 0.860. The van der Waals surface area contributed by atoms with E-state index in [-0.39, 0.29) is 0 Å². The van der Waals surface area contributed by atoms with Gasteiger partial charge in [-0.3, -0.25) is 0 Å². The molecule has 0 spiro atoms. The summed E-state index contributed by atoms with van der Waals surface area (Å²) in [5.41, 5.74) is 11.6. The first-order valence-corrected chi connectivity index (χ1v) is 8.67. The van der Waals surface area contributed by atoms with E-state index in [2.05, 4.69) is 30.1 Å². The smallest absolute Gasteiger partial charge is 0.118 e. The lowest BCUT2D eigenvalue weighted by Crippen LogP contribution is -1.99. The van der Waals surface area contributed by atoms with Crippen molar-refractivity contribution in [3.8, 4) is 17.0 Å². The van der Waals surface area contributed by atoms with E-state index < -0.39 is 0 Å². The monoisotopic (exact) mass is 342 g/mol. The highest BCUT2D eigenvalue weighted by Gasteiger charge is 2.15. The predicted molar refractivity (Wildman–Crippen MR) is 102 cm³/mol. The Balaban J connectivity index is 2.13. The Hall–Kier alpha value is -1.97. The van der Waals surface area contributed by atoms with Gasteiger partial charge in [-0.15, -0.1) is 0 Å². The van der Waals surface area contributed by atoms with Crippen molar-refractivity contribution in [3.63, 3.8) is 0 Å². The van der Waals surface area contributed by atoms with Crippen molar-refractivity contribution in [1.82, 2.24) is 4.98 Å². The average Bonchev–Trinajstić information content (AvgIpc) is 2.94. The normalized spacial score (nSPS) is 11.2. The van der Waals surface area contributed by atoms with E-state index in [0.29, 0.717) is 0 Å². The van der Waals surface area contributed by atoms with Gasteiger partial charge < -0.3 is 15.5 Å². The molecule has 1 heterocycles. The number of nitrogens with one attached hydrogen (secondary N) is 1. The molecule has 0 bridgehead atoms. The first kappa shape index (κ1) is 16.9. The molecule has 126 valence electrons. The van der Waals surface area contributed by atoms with Crippen LogP contribution in [-0.4, -0.2) is 18.6 Å². The van der Waals surface area contributed by atoms with Gasteiger partial charge in [0.1, 0.15) is 5.75 Å². The summed E-state index contributed by atoms with van der Waals surface area (Å²) in [6.45, 7) is 2.81. The Morgan fingerprint density at radius 1 is 1.12 bits per heavy atom. The van der Waals surface area contributed by atoms with Gasteiger partial charge in [-0.05, 0) is 85.8 Å². The highest BCUT2D eigenvalue weighted by molar-refractivity contribution is 6.31. The first-order valence-electron chi connectivity index (χ1n) is 8.29. The predicted octanol–water partition coefficient (Wildman–Crippen LogP) is 5.09. The van der Waals surface area contributed by atoms with Crippen molar-refractivity contribution in [2.45, 2.75) is 26.2 Å². The van der Waals surface area contributed by atoms with E-state index in [0.717, 1.165) is 58.9 Å². The molecule has 3 aromatic rings.